The number of halogens is 1. The van der Waals surface area contributed by atoms with Gasteiger partial charge >= 0.3 is 0 Å². The first-order valence-electron chi connectivity index (χ1n) is 8.69. The Morgan fingerprint density at radius 2 is 1.79 bits per heavy atom. The Hall–Kier alpha value is -2.99. The fraction of sp³-hybridized carbons (Fsp3) is 0.238. The second-order valence-corrected chi connectivity index (χ2v) is 6.73. The van der Waals surface area contributed by atoms with Crippen molar-refractivity contribution in [2.75, 3.05) is 26.2 Å². The Balaban J connectivity index is 1.93. The normalized spacial score (nSPS) is 10.6. The Kier molecular flexibility index (Phi) is 5.61. The molecule has 0 atom stereocenters. The molecule has 146 valence electrons. The molecule has 0 bridgehead atoms. The third-order valence-electron chi connectivity index (χ3n) is 4.60. The summed E-state index contributed by atoms with van der Waals surface area (Å²) in [5, 5.41) is 5.08. The van der Waals surface area contributed by atoms with Crippen molar-refractivity contribution in [3.05, 3.63) is 64.4 Å². The minimum absolute atomic E-state index is 0.151. The van der Waals surface area contributed by atoms with E-state index in [0.717, 1.165) is 17.1 Å². The van der Waals surface area contributed by atoms with Crippen LogP contribution in [0.1, 0.15) is 21.7 Å². The van der Waals surface area contributed by atoms with E-state index < -0.39 is 0 Å². The summed E-state index contributed by atoms with van der Waals surface area (Å²) in [5.74, 6) is 1.02. The summed E-state index contributed by atoms with van der Waals surface area (Å²) in [5.41, 5.74) is 3.59. The lowest BCUT2D eigenvalue weighted by atomic mass is 10.1. The van der Waals surface area contributed by atoms with Gasteiger partial charge in [-0.2, -0.15) is 5.10 Å². The molecule has 7 heteroatoms. The van der Waals surface area contributed by atoms with Crippen LogP contribution < -0.4 is 14.4 Å². The monoisotopic (exact) mass is 399 g/mol. The molecule has 3 aromatic rings. The second-order valence-electron chi connectivity index (χ2n) is 6.35. The Bertz CT molecular complexity index is 1030. The van der Waals surface area contributed by atoms with E-state index in [1.54, 1.807) is 55.1 Å². The highest BCUT2D eigenvalue weighted by Crippen LogP contribution is 2.31. The Morgan fingerprint density at radius 3 is 2.39 bits per heavy atom. The maximum absolute atomic E-state index is 13.0. The predicted octanol–water partition coefficient (Wildman–Crippen LogP) is 4.44. The molecule has 2 aromatic carbocycles. The van der Waals surface area contributed by atoms with E-state index in [1.807, 2.05) is 32.0 Å². The maximum atomic E-state index is 13.0. The molecule has 28 heavy (non-hydrogen) atoms. The van der Waals surface area contributed by atoms with Gasteiger partial charge in [0.15, 0.2) is 11.5 Å². The third-order valence-corrected chi connectivity index (χ3v) is 5.15. The Morgan fingerprint density at radius 1 is 1.07 bits per heavy atom. The van der Waals surface area contributed by atoms with Crippen molar-refractivity contribution in [1.82, 2.24) is 9.78 Å². The van der Waals surface area contributed by atoms with Crippen LogP contribution in [0.25, 0.3) is 5.69 Å². The molecular formula is C21H22ClN3O3. The molecule has 0 aliphatic carbocycles. The van der Waals surface area contributed by atoms with Crippen molar-refractivity contribution in [2.45, 2.75) is 13.8 Å². The standard InChI is InChI=1S/C21H22ClN3O3/c1-13-20(22)14(2)25(23-13)17-8-6-7-15(11-17)21(26)24(3)16-9-10-18(27-4)19(12-16)28-5/h6-12H,1-5H3. The zero-order valence-electron chi connectivity index (χ0n) is 16.5. The van der Waals surface area contributed by atoms with Crippen molar-refractivity contribution in [3.63, 3.8) is 0 Å². The van der Waals surface area contributed by atoms with Crippen LogP contribution in [0, 0.1) is 13.8 Å². The molecular weight excluding hydrogens is 378 g/mol. The fourth-order valence-electron chi connectivity index (χ4n) is 2.99. The van der Waals surface area contributed by atoms with E-state index in [4.69, 9.17) is 21.1 Å². The molecule has 0 unspecified atom stereocenters. The number of ether oxygens (including phenoxy) is 2. The van der Waals surface area contributed by atoms with Crippen LogP contribution in [-0.2, 0) is 0 Å². The van der Waals surface area contributed by atoms with Gasteiger partial charge in [-0.15, -0.1) is 0 Å². The van der Waals surface area contributed by atoms with Crippen molar-refractivity contribution in [1.29, 1.82) is 0 Å². The lowest BCUT2D eigenvalue weighted by molar-refractivity contribution is 0.0993. The average molecular weight is 400 g/mol. The summed E-state index contributed by atoms with van der Waals surface area (Å²) < 4.78 is 12.3. The van der Waals surface area contributed by atoms with Gasteiger partial charge in [-0.3, -0.25) is 4.79 Å². The number of hydrogen-bond donors (Lipinski definition) is 0. The van der Waals surface area contributed by atoms with Gasteiger partial charge in [-0.1, -0.05) is 17.7 Å². The van der Waals surface area contributed by atoms with Crippen LogP contribution >= 0.6 is 11.6 Å². The Labute approximate surface area is 169 Å². The van der Waals surface area contributed by atoms with Crippen molar-refractivity contribution < 1.29 is 14.3 Å². The minimum atomic E-state index is -0.151. The topological polar surface area (TPSA) is 56.6 Å². The molecule has 0 saturated carbocycles. The number of aromatic nitrogens is 2. The summed E-state index contributed by atoms with van der Waals surface area (Å²) in [6, 6.07) is 12.6. The van der Waals surface area contributed by atoms with Gasteiger partial charge in [0, 0.05) is 24.4 Å². The van der Waals surface area contributed by atoms with Gasteiger partial charge in [-0.25, -0.2) is 4.68 Å². The molecule has 0 aliphatic rings. The number of carbonyl (C=O) groups excluding carboxylic acids is 1. The predicted molar refractivity (Wildman–Crippen MR) is 110 cm³/mol. The highest BCUT2D eigenvalue weighted by molar-refractivity contribution is 6.31. The number of hydrogen-bond acceptors (Lipinski definition) is 4. The van der Waals surface area contributed by atoms with E-state index in [9.17, 15) is 4.79 Å². The van der Waals surface area contributed by atoms with Gasteiger partial charge in [0.05, 0.1) is 36.3 Å². The van der Waals surface area contributed by atoms with Crippen LogP contribution in [0.3, 0.4) is 0 Å². The number of carbonyl (C=O) groups is 1. The van der Waals surface area contributed by atoms with Crippen LogP contribution in [0.15, 0.2) is 42.5 Å². The number of aryl methyl sites for hydroxylation is 1. The van der Waals surface area contributed by atoms with Crippen molar-refractivity contribution in [2.24, 2.45) is 0 Å². The molecule has 1 aromatic heterocycles. The molecule has 0 N–H and O–H groups in total. The zero-order chi connectivity index (χ0) is 20.4. The highest BCUT2D eigenvalue weighted by atomic mass is 35.5. The lowest BCUT2D eigenvalue weighted by Crippen LogP contribution is -2.26. The smallest absolute Gasteiger partial charge is 0.258 e. The molecule has 0 radical (unpaired) electrons. The van der Waals surface area contributed by atoms with Gasteiger partial charge in [0.25, 0.3) is 5.91 Å². The van der Waals surface area contributed by atoms with E-state index >= 15 is 0 Å². The summed E-state index contributed by atoms with van der Waals surface area (Å²) in [7, 11) is 4.85. The number of nitrogens with zero attached hydrogens (tertiary/aromatic N) is 3. The summed E-state index contributed by atoms with van der Waals surface area (Å²) in [4.78, 5) is 14.6. The molecule has 3 rings (SSSR count). The number of rotatable bonds is 5. The summed E-state index contributed by atoms with van der Waals surface area (Å²) >= 11 is 6.25. The van der Waals surface area contributed by atoms with E-state index in [-0.39, 0.29) is 5.91 Å². The quantitative estimate of drug-likeness (QED) is 0.636. The minimum Gasteiger partial charge on any atom is -0.493 e. The number of benzene rings is 2. The SMILES string of the molecule is COc1ccc(N(C)C(=O)c2cccc(-n3nc(C)c(Cl)c3C)c2)cc1OC. The van der Waals surface area contributed by atoms with Gasteiger partial charge in [0.2, 0.25) is 0 Å². The molecule has 1 heterocycles. The van der Waals surface area contributed by atoms with Crippen LogP contribution in [0.2, 0.25) is 5.02 Å². The average Bonchev–Trinajstić information content (AvgIpc) is 2.99. The first-order chi connectivity index (χ1) is 13.4. The molecule has 1 amide bonds. The molecule has 6 nitrogen and oxygen atoms in total. The van der Waals surface area contributed by atoms with E-state index in [2.05, 4.69) is 5.10 Å². The van der Waals surface area contributed by atoms with Gasteiger partial charge in [0.1, 0.15) is 0 Å². The number of anilines is 1. The van der Waals surface area contributed by atoms with Crippen LogP contribution in [0.5, 0.6) is 11.5 Å². The largest absolute Gasteiger partial charge is 0.493 e. The summed E-state index contributed by atoms with van der Waals surface area (Å²) in [6.45, 7) is 3.75. The number of amides is 1. The fourth-order valence-corrected chi connectivity index (χ4v) is 3.11. The van der Waals surface area contributed by atoms with Gasteiger partial charge < -0.3 is 14.4 Å². The first-order valence-corrected chi connectivity index (χ1v) is 9.07. The zero-order valence-corrected chi connectivity index (χ0v) is 17.2. The molecule has 0 saturated heterocycles. The van der Waals surface area contributed by atoms with Gasteiger partial charge in [-0.05, 0) is 44.2 Å². The number of methoxy groups -OCH3 is 2. The van der Waals surface area contributed by atoms with Crippen LogP contribution in [0.4, 0.5) is 5.69 Å². The molecule has 0 fully saturated rings. The first kappa shape index (κ1) is 19.8. The highest BCUT2D eigenvalue weighted by Gasteiger charge is 2.17. The maximum Gasteiger partial charge on any atom is 0.258 e. The molecule has 0 spiro atoms. The molecule has 0 aliphatic heterocycles. The van der Waals surface area contributed by atoms with Crippen LogP contribution in [-0.4, -0.2) is 37.0 Å². The summed E-state index contributed by atoms with van der Waals surface area (Å²) in [6.07, 6.45) is 0. The van der Waals surface area contributed by atoms with E-state index in [0.29, 0.717) is 27.8 Å². The van der Waals surface area contributed by atoms with Crippen molar-refractivity contribution >= 4 is 23.2 Å². The lowest BCUT2D eigenvalue weighted by Gasteiger charge is -2.19. The van der Waals surface area contributed by atoms with Crippen molar-refractivity contribution in [3.8, 4) is 17.2 Å². The third kappa shape index (κ3) is 3.55. The van der Waals surface area contributed by atoms with E-state index in [1.165, 1.54) is 0 Å². The second kappa shape index (κ2) is 7.94.